The maximum atomic E-state index is 12.8. The molecule has 0 bridgehead atoms. The van der Waals surface area contributed by atoms with E-state index < -0.39 is 54.8 Å². The monoisotopic (exact) mass is 484 g/mol. The number of ether oxygens (including phenoxy) is 2. The largest absolute Gasteiger partial charge is 0.490 e. The van der Waals surface area contributed by atoms with Crippen LogP contribution in [0.3, 0.4) is 0 Å². The van der Waals surface area contributed by atoms with Crippen molar-refractivity contribution in [1.82, 2.24) is 0 Å². The van der Waals surface area contributed by atoms with Crippen molar-refractivity contribution < 1.29 is 28.5 Å². The predicted molar refractivity (Wildman–Crippen MR) is 126 cm³/mol. The lowest BCUT2D eigenvalue weighted by Crippen LogP contribution is -2.49. The third-order valence-corrected chi connectivity index (χ3v) is 9.89. The SMILES string of the molecule is CC(C)(C)OC(=O)C(COc1ccc(C(C[N+](=O)[O-])C[N+](=O)[O-])cc1)O[Si](C)(C)C(C)(C)C. The first-order chi connectivity index (χ1) is 14.9. The van der Waals surface area contributed by atoms with Gasteiger partial charge in [0, 0.05) is 9.85 Å². The van der Waals surface area contributed by atoms with E-state index in [0.717, 1.165) is 0 Å². The highest BCUT2D eigenvalue weighted by atomic mass is 28.4. The molecular weight excluding hydrogens is 448 g/mol. The molecule has 1 aromatic rings. The molecule has 0 amide bonds. The fraction of sp³-hybridized carbons (Fsp3) is 0.682. The number of rotatable bonds is 11. The zero-order chi connectivity index (χ0) is 25.6. The maximum Gasteiger partial charge on any atom is 0.338 e. The van der Waals surface area contributed by atoms with E-state index in [-0.39, 0.29) is 11.6 Å². The van der Waals surface area contributed by atoms with Gasteiger partial charge in [-0.2, -0.15) is 0 Å². The van der Waals surface area contributed by atoms with E-state index in [1.54, 1.807) is 45.0 Å². The Labute approximate surface area is 196 Å². The fourth-order valence-corrected chi connectivity index (χ4v) is 3.92. The molecule has 0 saturated carbocycles. The van der Waals surface area contributed by atoms with Crippen LogP contribution in [-0.4, -0.2) is 55.5 Å². The quantitative estimate of drug-likeness (QED) is 0.195. The molecule has 0 radical (unpaired) electrons. The molecule has 186 valence electrons. The predicted octanol–water partition coefficient (Wildman–Crippen LogP) is 4.43. The number of esters is 1. The molecule has 0 aromatic heterocycles. The maximum absolute atomic E-state index is 12.8. The summed E-state index contributed by atoms with van der Waals surface area (Å²) in [6.45, 7) is 14.4. The van der Waals surface area contributed by atoms with Crippen molar-refractivity contribution in [3.8, 4) is 5.75 Å². The van der Waals surface area contributed by atoms with Crippen LogP contribution in [0.1, 0.15) is 53.0 Å². The number of carbonyl (C=O) groups excluding carboxylic acids is 1. The van der Waals surface area contributed by atoms with E-state index in [1.807, 2.05) is 13.1 Å². The summed E-state index contributed by atoms with van der Waals surface area (Å²) < 4.78 is 17.6. The van der Waals surface area contributed by atoms with E-state index in [1.165, 1.54) is 0 Å². The van der Waals surface area contributed by atoms with Crippen LogP contribution in [0.5, 0.6) is 5.75 Å². The Balaban J connectivity index is 3.00. The molecule has 0 spiro atoms. The van der Waals surface area contributed by atoms with Gasteiger partial charge in [0.05, 0.1) is 0 Å². The minimum Gasteiger partial charge on any atom is -0.490 e. The summed E-state index contributed by atoms with van der Waals surface area (Å²) in [7, 11) is -2.31. The molecule has 1 atom stereocenters. The average molecular weight is 485 g/mol. The van der Waals surface area contributed by atoms with Crippen molar-refractivity contribution >= 4 is 14.3 Å². The first-order valence-electron chi connectivity index (χ1n) is 10.8. The Morgan fingerprint density at radius 3 is 1.85 bits per heavy atom. The Bertz CT molecular complexity index is 812. The Hall–Kier alpha value is -2.53. The highest BCUT2D eigenvalue weighted by Crippen LogP contribution is 2.37. The van der Waals surface area contributed by atoms with Gasteiger partial charge in [0.2, 0.25) is 13.1 Å². The minimum atomic E-state index is -2.31. The molecule has 11 heteroatoms. The van der Waals surface area contributed by atoms with Crippen molar-refractivity contribution in [2.24, 2.45) is 0 Å². The van der Waals surface area contributed by atoms with Crippen molar-refractivity contribution in [1.29, 1.82) is 0 Å². The first-order valence-corrected chi connectivity index (χ1v) is 13.7. The van der Waals surface area contributed by atoms with Gasteiger partial charge in [0.1, 0.15) is 23.9 Å². The van der Waals surface area contributed by atoms with Crippen LogP contribution in [0.25, 0.3) is 0 Å². The van der Waals surface area contributed by atoms with Crippen LogP contribution < -0.4 is 4.74 Å². The van der Waals surface area contributed by atoms with Crippen LogP contribution in [0.4, 0.5) is 0 Å². The molecule has 0 aliphatic carbocycles. The second-order valence-corrected chi connectivity index (χ2v) is 15.3. The van der Waals surface area contributed by atoms with Crippen molar-refractivity contribution in [3.05, 3.63) is 50.1 Å². The standard InChI is InChI=1S/C22H36N2O8Si/c1-21(2,3)31-20(25)19(32-33(7,8)22(4,5)6)15-30-18-11-9-16(10-12-18)17(13-23(26)27)14-24(28)29/h9-12,17,19H,13-15H2,1-8H3. The zero-order valence-corrected chi connectivity index (χ0v) is 21.7. The third kappa shape index (κ3) is 9.87. The number of nitro groups is 2. The third-order valence-electron chi connectivity index (χ3n) is 5.40. The molecule has 10 nitrogen and oxygen atoms in total. The molecule has 1 aromatic carbocycles. The molecule has 1 unspecified atom stereocenters. The summed E-state index contributed by atoms with van der Waals surface area (Å²) in [5, 5.41) is 21.6. The second-order valence-electron chi connectivity index (χ2n) is 10.5. The summed E-state index contributed by atoms with van der Waals surface area (Å²) >= 11 is 0. The summed E-state index contributed by atoms with van der Waals surface area (Å²) in [5.41, 5.74) is -0.214. The number of hydrogen-bond acceptors (Lipinski definition) is 8. The van der Waals surface area contributed by atoms with Gasteiger partial charge in [-0.1, -0.05) is 32.9 Å². The molecule has 33 heavy (non-hydrogen) atoms. The van der Waals surface area contributed by atoms with Crippen molar-refractivity contribution in [2.45, 2.75) is 77.3 Å². The van der Waals surface area contributed by atoms with Crippen LogP contribution in [0, 0.1) is 20.2 Å². The fourth-order valence-electron chi connectivity index (χ4n) is 2.69. The van der Waals surface area contributed by atoms with E-state index in [0.29, 0.717) is 11.3 Å². The molecule has 0 saturated heterocycles. The van der Waals surface area contributed by atoms with Gasteiger partial charge in [0.25, 0.3) is 0 Å². The Kier molecular flexibility index (Phi) is 9.55. The lowest BCUT2D eigenvalue weighted by atomic mass is 9.99. The Morgan fingerprint density at radius 2 is 1.45 bits per heavy atom. The van der Waals surface area contributed by atoms with Gasteiger partial charge >= 0.3 is 5.97 Å². The first kappa shape index (κ1) is 28.5. The van der Waals surface area contributed by atoms with Gasteiger partial charge in [0.15, 0.2) is 14.4 Å². The van der Waals surface area contributed by atoms with Crippen LogP contribution in [0.15, 0.2) is 24.3 Å². The van der Waals surface area contributed by atoms with E-state index in [9.17, 15) is 25.0 Å². The lowest BCUT2D eigenvalue weighted by Gasteiger charge is -2.39. The van der Waals surface area contributed by atoms with Gasteiger partial charge in [-0.25, -0.2) is 4.79 Å². The minimum absolute atomic E-state index is 0.0754. The second kappa shape index (κ2) is 11.1. The van der Waals surface area contributed by atoms with E-state index >= 15 is 0 Å². The van der Waals surface area contributed by atoms with Gasteiger partial charge in [-0.3, -0.25) is 20.2 Å². The number of hydrogen-bond donors (Lipinski definition) is 0. The summed E-state index contributed by atoms with van der Waals surface area (Å²) in [4.78, 5) is 33.4. The molecule has 0 N–H and O–H groups in total. The highest BCUT2D eigenvalue weighted by Gasteiger charge is 2.42. The van der Waals surface area contributed by atoms with Crippen molar-refractivity contribution in [2.75, 3.05) is 19.7 Å². The Morgan fingerprint density at radius 1 is 0.970 bits per heavy atom. The summed E-state index contributed by atoms with van der Waals surface area (Å²) in [6, 6.07) is 6.26. The summed E-state index contributed by atoms with van der Waals surface area (Å²) in [5.74, 6) is -0.950. The topological polar surface area (TPSA) is 131 Å². The normalized spacial score (nSPS) is 13.5. The van der Waals surface area contributed by atoms with E-state index in [4.69, 9.17) is 13.9 Å². The molecule has 0 fully saturated rings. The van der Waals surface area contributed by atoms with Crippen LogP contribution in [-0.2, 0) is 14.0 Å². The summed E-state index contributed by atoms with van der Waals surface area (Å²) in [6.07, 6.45) is -0.929. The molecule has 0 heterocycles. The van der Waals surface area contributed by atoms with Crippen LogP contribution >= 0.6 is 0 Å². The zero-order valence-electron chi connectivity index (χ0n) is 20.7. The molecule has 0 aliphatic heterocycles. The highest BCUT2D eigenvalue weighted by molar-refractivity contribution is 6.74. The average Bonchev–Trinajstić information content (AvgIpc) is 2.61. The number of nitrogens with zero attached hydrogens (tertiary/aromatic N) is 2. The van der Waals surface area contributed by atoms with Crippen molar-refractivity contribution in [3.63, 3.8) is 0 Å². The van der Waals surface area contributed by atoms with E-state index in [2.05, 4.69) is 20.8 Å². The molecule has 0 aliphatic rings. The van der Waals surface area contributed by atoms with Gasteiger partial charge < -0.3 is 13.9 Å². The molecular formula is C22H36N2O8Si. The van der Waals surface area contributed by atoms with Crippen LogP contribution in [0.2, 0.25) is 18.1 Å². The number of carbonyl (C=O) groups is 1. The number of benzene rings is 1. The smallest absolute Gasteiger partial charge is 0.338 e. The molecule has 1 rings (SSSR count). The lowest BCUT2D eigenvalue weighted by molar-refractivity contribution is -0.516. The van der Waals surface area contributed by atoms with Gasteiger partial charge in [-0.15, -0.1) is 0 Å². The van der Waals surface area contributed by atoms with Gasteiger partial charge in [-0.05, 0) is 56.6 Å².